The number of rotatable bonds is 7. The average Bonchev–Trinajstić information content (AvgIpc) is 2.60. The fourth-order valence-electron chi connectivity index (χ4n) is 1.91. The molecule has 0 saturated carbocycles. The molecular formula is C17H19NO4S3. The van der Waals surface area contributed by atoms with Crippen LogP contribution in [0.5, 0.6) is 0 Å². The van der Waals surface area contributed by atoms with Crippen molar-refractivity contribution >= 4 is 46.9 Å². The van der Waals surface area contributed by atoms with E-state index in [0.29, 0.717) is 17.0 Å². The smallest absolute Gasteiger partial charge is 0.338 e. The number of carbonyl (C=O) groups is 1. The second kappa shape index (κ2) is 8.64. The summed E-state index contributed by atoms with van der Waals surface area (Å²) < 4.78 is 32.2. The van der Waals surface area contributed by atoms with E-state index in [-0.39, 0.29) is 16.8 Å². The van der Waals surface area contributed by atoms with Gasteiger partial charge in [0, 0.05) is 16.7 Å². The van der Waals surface area contributed by atoms with Crippen molar-refractivity contribution in [2.45, 2.75) is 17.1 Å². The molecule has 2 rings (SSSR count). The average molecular weight is 398 g/mol. The van der Waals surface area contributed by atoms with Crippen LogP contribution in [0.25, 0.3) is 0 Å². The van der Waals surface area contributed by atoms with E-state index in [1.54, 1.807) is 24.3 Å². The number of hydrogen-bond acceptors (Lipinski definition) is 6. The second-order valence-corrected chi connectivity index (χ2v) is 8.21. The molecule has 0 saturated heterocycles. The van der Waals surface area contributed by atoms with Crippen LogP contribution in [0, 0.1) is 6.92 Å². The molecule has 1 N–H and O–H groups in total. The van der Waals surface area contributed by atoms with Crippen molar-refractivity contribution in [2.75, 3.05) is 17.1 Å². The highest BCUT2D eigenvalue weighted by Gasteiger charge is 2.15. The van der Waals surface area contributed by atoms with E-state index < -0.39 is 16.0 Å². The predicted molar refractivity (Wildman–Crippen MR) is 105 cm³/mol. The van der Waals surface area contributed by atoms with Crippen molar-refractivity contribution in [3.8, 4) is 0 Å². The zero-order chi connectivity index (χ0) is 18.4. The zero-order valence-corrected chi connectivity index (χ0v) is 16.2. The highest BCUT2D eigenvalue weighted by atomic mass is 32.2. The minimum Gasteiger partial charge on any atom is -0.461 e. The molecule has 0 spiro atoms. The normalized spacial score (nSPS) is 12.4. The van der Waals surface area contributed by atoms with Gasteiger partial charge in [0.25, 0.3) is 10.0 Å². The number of ether oxygens (including phenoxy) is 1. The Balaban J connectivity index is 2.04. The third kappa shape index (κ3) is 5.69. The molecule has 0 heterocycles. The first-order chi connectivity index (χ1) is 11.8. The fourth-order valence-corrected chi connectivity index (χ4v) is 3.15. The molecule has 8 heteroatoms. The summed E-state index contributed by atoms with van der Waals surface area (Å²) in [5.74, 6) is 0.00427. The monoisotopic (exact) mass is 397 g/mol. The number of sulfonamides is 1. The van der Waals surface area contributed by atoms with Crippen LogP contribution in [0.1, 0.15) is 15.9 Å². The van der Waals surface area contributed by atoms with E-state index in [1.165, 1.54) is 24.3 Å². The quantitative estimate of drug-likeness (QED) is 0.496. The number of esters is 1. The molecule has 1 unspecified atom stereocenters. The van der Waals surface area contributed by atoms with E-state index in [1.807, 2.05) is 6.92 Å². The van der Waals surface area contributed by atoms with E-state index >= 15 is 0 Å². The minimum atomic E-state index is -3.67. The Morgan fingerprint density at radius 3 is 2.28 bits per heavy atom. The van der Waals surface area contributed by atoms with Gasteiger partial charge in [0.2, 0.25) is 0 Å². The summed E-state index contributed by atoms with van der Waals surface area (Å²) in [7, 11) is -3.67. The summed E-state index contributed by atoms with van der Waals surface area (Å²) in [6.45, 7) is 2.04. The van der Waals surface area contributed by atoms with Crippen LogP contribution >= 0.6 is 25.3 Å². The van der Waals surface area contributed by atoms with Gasteiger partial charge in [-0.25, -0.2) is 13.2 Å². The summed E-state index contributed by atoms with van der Waals surface area (Å²) in [6, 6.07) is 12.6. The minimum absolute atomic E-state index is 0.132. The Morgan fingerprint density at radius 1 is 1.12 bits per heavy atom. The topological polar surface area (TPSA) is 72.5 Å². The number of hydrogen-bond donors (Lipinski definition) is 3. The van der Waals surface area contributed by atoms with Crippen LogP contribution in [0.15, 0.2) is 53.4 Å². The molecule has 0 aromatic heterocycles. The highest BCUT2D eigenvalue weighted by molar-refractivity contribution is 7.92. The van der Waals surface area contributed by atoms with Crippen molar-refractivity contribution in [1.82, 2.24) is 0 Å². The molecule has 134 valence electrons. The largest absolute Gasteiger partial charge is 0.461 e. The van der Waals surface area contributed by atoms with Crippen molar-refractivity contribution in [3.05, 3.63) is 59.7 Å². The lowest BCUT2D eigenvalue weighted by Gasteiger charge is -2.10. The third-order valence-electron chi connectivity index (χ3n) is 3.32. The van der Waals surface area contributed by atoms with Gasteiger partial charge in [-0.05, 0) is 43.3 Å². The maximum absolute atomic E-state index is 12.3. The zero-order valence-electron chi connectivity index (χ0n) is 13.5. The Morgan fingerprint density at radius 2 is 1.72 bits per heavy atom. The molecule has 2 aromatic rings. The van der Waals surface area contributed by atoms with Gasteiger partial charge in [-0.1, -0.05) is 17.7 Å². The maximum atomic E-state index is 12.3. The van der Waals surface area contributed by atoms with Crippen LogP contribution in [-0.2, 0) is 14.8 Å². The van der Waals surface area contributed by atoms with Crippen molar-refractivity contribution in [1.29, 1.82) is 0 Å². The molecular weight excluding hydrogens is 378 g/mol. The SMILES string of the molecule is Cc1ccc(S(=O)(=O)Nc2ccc(C(=O)OCC(S)CS)cc2)cc1. The molecule has 0 aliphatic heterocycles. The van der Waals surface area contributed by atoms with Gasteiger partial charge in [0.1, 0.15) is 6.61 Å². The lowest BCUT2D eigenvalue weighted by molar-refractivity contribution is 0.0512. The van der Waals surface area contributed by atoms with Gasteiger partial charge in [0.05, 0.1) is 10.5 Å². The molecule has 0 aliphatic rings. The molecule has 1 atom stereocenters. The van der Waals surface area contributed by atoms with E-state index in [0.717, 1.165) is 5.56 Å². The number of carbonyl (C=O) groups excluding carboxylic acids is 1. The predicted octanol–water partition coefficient (Wildman–Crippen LogP) is 3.18. The van der Waals surface area contributed by atoms with Crippen molar-refractivity contribution in [2.24, 2.45) is 0 Å². The second-order valence-electron chi connectivity index (χ2n) is 5.43. The molecule has 0 bridgehead atoms. The molecule has 0 fully saturated rings. The van der Waals surface area contributed by atoms with Gasteiger partial charge in [0.15, 0.2) is 0 Å². The molecule has 0 aliphatic carbocycles. The number of anilines is 1. The van der Waals surface area contributed by atoms with E-state index in [4.69, 9.17) is 4.74 Å². The van der Waals surface area contributed by atoms with Gasteiger partial charge in [-0.3, -0.25) is 4.72 Å². The van der Waals surface area contributed by atoms with Crippen LogP contribution < -0.4 is 4.72 Å². The molecule has 25 heavy (non-hydrogen) atoms. The van der Waals surface area contributed by atoms with Gasteiger partial charge < -0.3 is 4.74 Å². The lowest BCUT2D eigenvalue weighted by atomic mass is 10.2. The number of aryl methyl sites for hydroxylation is 1. The molecule has 0 radical (unpaired) electrons. The highest BCUT2D eigenvalue weighted by Crippen LogP contribution is 2.17. The van der Waals surface area contributed by atoms with Crippen molar-refractivity contribution in [3.63, 3.8) is 0 Å². The van der Waals surface area contributed by atoms with E-state index in [2.05, 4.69) is 30.0 Å². The number of thiol groups is 2. The van der Waals surface area contributed by atoms with Gasteiger partial charge >= 0.3 is 5.97 Å². The number of nitrogens with one attached hydrogen (secondary N) is 1. The molecule has 2 aromatic carbocycles. The Labute approximate surface area is 158 Å². The van der Waals surface area contributed by atoms with Crippen LogP contribution in [-0.4, -0.2) is 32.0 Å². The van der Waals surface area contributed by atoms with Gasteiger partial charge in [-0.2, -0.15) is 25.3 Å². The summed E-state index contributed by atoms with van der Waals surface area (Å²) in [4.78, 5) is 12.1. The standard InChI is InChI=1S/C17H19NO4S3/c1-12-2-8-16(9-3-12)25(20,21)18-14-6-4-13(5-7-14)17(19)22-10-15(24)11-23/h2-9,15,18,23-24H,10-11H2,1H3. The maximum Gasteiger partial charge on any atom is 0.338 e. The summed E-state index contributed by atoms with van der Waals surface area (Å²) in [6.07, 6.45) is 0. The van der Waals surface area contributed by atoms with Crippen LogP contribution in [0.2, 0.25) is 0 Å². The Hall–Kier alpha value is -1.64. The van der Waals surface area contributed by atoms with Gasteiger partial charge in [-0.15, -0.1) is 0 Å². The lowest BCUT2D eigenvalue weighted by Crippen LogP contribution is -2.16. The van der Waals surface area contributed by atoms with Crippen LogP contribution in [0.3, 0.4) is 0 Å². The summed E-state index contributed by atoms with van der Waals surface area (Å²) in [5, 5.41) is -0.132. The van der Waals surface area contributed by atoms with E-state index in [9.17, 15) is 13.2 Å². The third-order valence-corrected chi connectivity index (χ3v) is 5.78. The Bertz CT molecular complexity index is 818. The molecule has 5 nitrogen and oxygen atoms in total. The fraction of sp³-hybridized carbons (Fsp3) is 0.235. The molecule has 0 amide bonds. The first kappa shape index (κ1) is 19.7. The van der Waals surface area contributed by atoms with Crippen LogP contribution in [0.4, 0.5) is 5.69 Å². The van der Waals surface area contributed by atoms with Crippen molar-refractivity contribution < 1.29 is 17.9 Å². The Kier molecular flexibility index (Phi) is 6.80. The summed E-state index contributed by atoms with van der Waals surface area (Å²) in [5.41, 5.74) is 1.67. The first-order valence-electron chi connectivity index (χ1n) is 7.47. The number of benzene rings is 2. The first-order valence-corrected chi connectivity index (χ1v) is 10.1. The summed E-state index contributed by atoms with van der Waals surface area (Å²) >= 11 is 8.25.